The van der Waals surface area contributed by atoms with Gasteiger partial charge in [-0.1, -0.05) is 41.9 Å². The third kappa shape index (κ3) is 4.22. The molecule has 2 aliphatic rings. The van der Waals surface area contributed by atoms with E-state index in [0.717, 1.165) is 34.1 Å². The Morgan fingerprint density at radius 1 is 1.07 bits per heavy atom. The highest BCUT2D eigenvalue weighted by Crippen LogP contribution is 2.40. The Kier molecular flexibility index (Phi) is 6.37. The van der Waals surface area contributed by atoms with Crippen molar-refractivity contribution in [2.75, 3.05) is 19.4 Å². The normalized spacial score (nSPS) is 24.9. The fourth-order valence-electron chi connectivity index (χ4n) is 4.72. The maximum atomic E-state index is 12.6. The molecule has 2 saturated heterocycles. The standard InChI is InChI=1S/C22H25ClN2O2.BrH/c1-25(2)17-10-11-18(25)14-19(13-17)27-22(26)24-21-9-4-3-8-20(21)15-6-5-7-16(23)12-15;/h3-9,12,17-19H,10-11,13-14H2,1-2H3;1H. The first-order valence-corrected chi connectivity index (χ1v) is 9.97. The Morgan fingerprint density at radius 2 is 1.75 bits per heavy atom. The molecule has 2 bridgehead atoms. The van der Waals surface area contributed by atoms with Crippen molar-refractivity contribution in [2.24, 2.45) is 0 Å². The maximum absolute atomic E-state index is 12.6. The van der Waals surface area contributed by atoms with Crippen molar-refractivity contribution < 1.29 is 31.0 Å². The summed E-state index contributed by atoms with van der Waals surface area (Å²) in [6, 6.07) is 16.5. The van der Waals surface area contributed by atoms with Gasteiger partial charge in [-0.05, 0) is 23.8 Å². The summed E-state index contributed by atoms with van der Waals surface area (Å²) < 4.78 is 6.87. The summed E-state index contributed by atoms with van der Waals surface area (Å²) in [4.78, 5) is 12.6. The van der Waals surface area contributed by atoms with E-state index in [0.29, 0.717) is 17.1 Å². The van der Waals surface area contributed by atoms with Gasteiger partial charge in [-0.3, -0.25) is 5.32 Å². The number of nitrogens with zero attached hydrogens (tertiary/aromatic N) is 1. The maximum Gasteiger partial charge on any atom is 0.411 e. The highest BCUT2D eigenvalue weighted by Gasteiger charge is 2.49. The predicted molar refractivity (Wildman–Crippen MR) is 109 cm³/mol. The van der Waals surface area contributed by atoms with E-state index in [9.17, 15) is 4.79 Å². The number of halogens is 2. The molecule has 4 nitrogen and oxygen atoms in total. The number of hydrogen-bond donors (Lipinski definition) is 1. The Labute approximate surface area is 182 Å². The molecule has 1 amide bonds. The quantitative estimate of drug-likeness (QED) is 0.707. The van der Waals surface area contributed by atoms with Gasteiger partial charge in [0, 0.05) is 36.3 Å². The molecule has 2 unspecified atom stereocenters. The third-order valence-corrected chi connectivity index (χ3v) is 6.59. The lowest BCUT2D eigenvalue weighted by Crippen LogP contribution is -3.00. The largest absolute Gasteiger partial charge is 1.00 e. The molecule has 150 valence electrons. The average Bonchev–Trinajstić information content (AvgIpc) is 2.80. The molecule has 0 radical (unpaired) electrons. The van der Waals surface area contributed by atoms with Crippen LogP contribution in [0.4, 0.5) is 10.5 Å². The van der Waals surface area contributed by atoms with E-state index in [4.69, 9.17) is 16.3 Å². The van der Waals surface area contributed by atoms with Crippen molar-refractivity contribution in [1.82, 2.24) is 0 Å². The number of ether oxygens (including phenoxy) is 1. The summed E-state index contributed by atoms with van der Waals surface area (Å²) in [7, 11) is 4.61. The number of rotatable bonds is 3. The molecule has 2 aromatic rings. The smallest absolute Gasteiger partial charge is 0.411 e. The van der Waals surface area contributed by atoms with E-state index in [1.54, 1.807) is 0 Å². The Hall–Kier alpha value is -1.56. The van der Waals surface area contributed by atoms with Gasteiger partial charge in [-0.25, -0.2) is 4.79 Å². The van der Waals surface area contributed by atoms with Crippen LogP contribution in [0.25, 0.3) is 11.1 Å². The van der Waals surface area contributed by atoms with Gasteiger partial charge in [0.25, 0.3) is 0 Å². The molecular formula is C22H26BrClN2O2. The van der Waals surface area contributed by atoms with Crippen LogP contribution in [0.3, 0.4) is 0 Å². The number of hydrogen-bond acceptors (Lipinski definition) is 2. The highest BCUT2D eigenvalue weighted by molar-refractivity contribution is 6.30. The van der Waals surface area contributed by atoms with Crippen molar-refractivity contribution in [1.29, 1.82) is 0 Å². The van der Waals surface area contributed by atoms with E-state index in [-0.39, 0.29) is 29.2 Å². The number of amides is 1. The number of fused-ring (bicyclic) bond motifs is 2. The van der Waals surface area contributed by atoms with Crippen LogP contribution in [-0.2, 0) is 4.74 Å². The van der Waals surface area contributed by atoms with Crippen LogP contribution in [0.15, 0.2) is 48.5 Å². The predicted octanol–water partition coefficient (Wildman–Crippen LogP) is 2.33. The second kappa shape index (κ2) is 8.44. The van der Waals surface area contributed by atoms with Gasteiger partial charge in [0.2, 0.25) is 0 Å². The fraction of sp³-hybridized carbons (Fsp3) is 0.409. The number of carbonyl (C=O) groups is 1. The Bertz CT molecular complexity index is 842. The number of para-hydroxylation sites is 1. The van der Waals surface area contributed by atoms with E-state index >= 15 is 0 Å². The second-order valence-electron chi connectivity index (χ2n) is 8.19. The molecule has 0 aromatic heterocycles. The van der Waals surface area contributed by atoms with E-state index in [1.165, 1.54) is 12.8 Å². The lowest BCUT2D eigenvalue weighted by Gasteiger charge is -2.43. The van der Waals surface area contributed by atoms with Crippen LogP contribution in [0.2, 0.25) is 5.02 Å². The molecule has 2 atom stereocenters. The molecule has 1 N–H and O–H groups in total. The minimum Gasteiger partial charge on any atom is -1.00 e. The Balaban J connectivity index is 0.00000225. The lowest BCUT2D eigenvalue weighted by molar-refractivity contribution is -0.931. The van der Waals surface area contributed by atoms with Crippen LogP contribution in [0.1, 0.15) is 25.7 Å². The minimum atomic E-state index is -0.374. The molecule has 4 rings (SSSR count). The van der Waals surface area contributed by atoms with Crippen molar-refractivity contribution in [3.63, 3.8) is 0 Å². The van der Waals surface area contributed by atoms with Gasteiger partial charge in [-0.15, -0.1) is 0 Å². The summed E-state index contributed by atoms with van der Waals surface area (Å²) in [6.07, 6.45) is 4.00. The van der Waals surface area contributed by atoms with Gasteiger partial charge < -0.3 is 26.2 Å². The molecule has 2 aromatic carbocycles. The number of benzene rings is 2. The molecule has 0 saturated carbocycles. The second-order valence-corrected chi connectivity index (χ2v) is 8.63. The van der Waals surface area contributed by atoms with Crippen LogP contribution in [-0.4, -0.2) is 42.9 Å². The average molecular weight is 466 g/mol. The zero-order chi connectivity index (χ0) is 19.0. The molecule has 2 heterocycles. The first kappa shape index (κ1) is 21.2. The van der Waals surface area contributed by atoms with E-state index in [1.807, 2.05) is 48.5 Å². The molecule has 2 aliphatic heterocycles. The first-order valence-electron chi connectivity index (χ1n) is 9.59. The van der Waals surface area contributed by atoms with Crippen molar-refractivity contribution in [2.45, 2.75) is 43.9 Å². The van der Waals surface area contributed by atoms with E-state index < -0.39 is 0 Å². The van der Waals surface area contributed by atoms with Gasteiger partial charge in [0.15, 0.2) is 0 Å². The topological polar surface area (TPSA) is 38.3 Å². The molecule has 2 fully saturated rings. The summed E-state index contributed by atoms with van der Waals surface area (Å²) >= 11 is 6.12. The highest BCUT2D eigenvalue weighted by atomic mass is 79.9. The van der Waals surface area contributed by atoms with Crippen molar-refractivity contribution in [3.8, 4) is 11.1 Å². The number of quaternary nitrogens is 1. The lowest BCUT2D eigenvalue weighted by atomic mass is 9.98. The van der Waals surface area contributed by atoms with Gasteiger partial charge in [0.05, 0.1) is 31.9 Å². The molecule has 0 aliphatic carbocycles. The minimum absolute atomic E-state index is 0. The summed E-state index contributed by atoms with van der Waals surface area (Å²) in [6.45, 7) is 0. The first-order chi connectivity index (χ1) is 12.9. The van der Waals surface area contributed by atoms with Crippen molar-refractivity contribution >= 4 is 23.4 Å². The zero-order valence-corrected chi connectivity index (χ0v) is 18.5. The number of anilines is 1. The summed E-state index contributed by atoms with van der Waals surface area (Å²) in [5.74, 6) is 0. The van der Waals surface area contributed by atoms with Crippen LogP contribution in [0, 0.1) is 0 Å². The molecule has 0 spiro atoms. The molecular weight excluding hydrogens is 440 g/mol. The molecule has 6 heteroatoms. The number of piperidine rings is 1. The van der Waals surface area contributed by atoms with Crippen molar-refractivity contribution in [3.05, 3.63) is 53.6 Å². The van der Waals surface area contributed by atoms with Crippen LogP contribution >= 0.6 is 11.6 Å². The third-order valence-electron chi connectivity index (χ3n) is 6.36. The summed E-state index contributed by atoms with van der Waals surface area (Å²) in [5, 5.41) is 3.61. The van der Waals surface area contributed by atoms with Gasteiger partial charge in [0.1, 0.15) is 6.10 Å². The van der Waals surface area contributed by atoms with Crippen LogP contribution in [0.5, 0.6) is 0 Å². The van der Waals surface area contributed by atoms with Gasteiger partial charge >= 0.3 is 6.09 Å². The Morgan fingerprint density at radius 3 is 2.43 bits per heavy atom. The summed E-state index contributed by atoms with van der Waals surface area (Å²) in [5.41, 5.74) is 2.63. The van der Waals surface area contributed by atoms with Gasteiger partial charge in [-0.2, -0.15) is 0 Å². The van der Waals surface area contributed by atoms with Crippen LogP contribution < -0.4 is 22.3 Å². The monoisotopic (exact) mass is 464 g/mol. The molecule has 28 heavy (non-hydrogen) atoms. The fourth-order valence-corrected chi connectivity index (χ4v) is 4.91. The SMILES string of the molecule is C[N+]1(C)C2CCC1CC(OC(=O)Nc1ccccc1-c1cccc(Cl)c1)C2.[Br-]. The number of nitrogens with one attached hydrogen (secondary N) is 1. The van der Waals surface area contributed by atoms with E-state index in [2.05, 4.69) is 19.4 Å². The number of carbonyl (C=O) groups excluding carboxylic acids is 1. The zero-order valence-electron chi connectivity index (χ0n) is 16.2.